The molecule has 2 rings (SSSR count). The first-order valence-electron chi connectivity index (χ1n) is 5.52. The van der Waals surface area contributed by atoms with E-state index in [9.17, 15) is 4.79 Å². The molecule has 0 fully saturated rings. The Labute approximate surface area is 100 Å². The SMILES string of the molecule is CC(C)(CC=O)n1cnc(-c2cccnc2)c1. The number of pyridine rings is 1. The summed E-state index contributed by atoms with van der Waals surface area (Å²) in [4.78, 5) is 19.0. The Hall–Kier alpha value is -1.97. The Morgan fingerprint density at radius 2 is 2.29 bits per heavy atom. The smallest absolute Gasteiger partial charge is 0.122 e. The number of aromatic nitrogens is 3. The molecule has 2 aromatic rings. The fourth-order valence-electron chi connectivity index (χ4n) is 1.63. The molecule has 0 amide bonds. The maximum absolute atomic E-state index is 10.6. The van der Waals surface area contributed by atoms with Crippen molar-refractivity contribution in [1.29, 1.82) is 0 Å². The quantitative estimate of drug-likeness (QED) is 0.755. The summed E-state index contributed by atoms with van der Waals surface area (Å²) in [5.41, 5.74) is 1.61. The minimum Gasteiger partial charge on any atom is -0.331 e. The van der Waals surface area contributed by atoms with Crippen molar-refractivity contribution >= 4 is 6.29 Å². The van der Waals surface area contributed by atoms with Gasteiger partial charge in [-0.1, -0.05) is 0 Å². The van der Waals surface area contributed by atoms with Crippen LogP contribution in [-0.2, 0) is 10.3 Å². The Morgan fingerprint density at radius 1 is 1.47 bits per heavy atom. The van der Waals surface area contributed by atoms with E-state index in [1.165, 1.54) is 0 Å². The zero-order valence-corrected chi connectivity index (χ0v) is 10.00. The highest BCUT2D eigenvalue weighted by molar-refractivity contribution is 5.57. The third-order valence-electron chi connectivity index (χ3n) is 2.82. The Bertz CT molecular complexity index is 502. The molecule has 2 aromatic heterocycles. The van der Waals surface area contributed by atoms with Gasteiger partial charge in [-0.2, -0.15) is 0 Å². The van der Waals surface area contributed by atoms with Crippen LogP contribution in [0.2, 0.25) is 0 Å². The lowest BCUT2D eigenvalue weighted by Gasteiger charge is -2.23. The fraction of sp³-hybridized carbons (Fsp3) is 0.308. The van der Waals surface area contributed by atoms with Gasteiger partial charge in [-0.15, -0.1) is 0 Å². The van der Waals surface area contributed by atoms with Crippen LogP contribution in [0.3, 0.4) is 0 Å². The largest absolute Gasteiger partial charge is 0.331 e. The molecule has 0 aliphatic carbocycles. The summed E-state index contributed by atoms with van der Waals surface area (Å²) >= 11 is 0. The zero-order valence-electron chi connectivity index (χ0n) is 10.00. The van der Waals surface area contributed by atoms with E-state index in [2.05, 4.69) is 9.97 Å². The molecular weight excluding hydrogens is 214 g/mol. The molecule has 2 heterocycles. The fourth-order valence-corrected chi connectivity index (χ4v) is 1.63. The topological polar surface area (TPSA) is 47.8 Å². The summed E-state index contributed by atoms with van der Waals surface area (Å²) in [6, 6.07) is 3.84. The van der Waals surface area contributed by atoms with Crippen LogP contribution in [0.15, 0.2) is 37.1 Å². The van der Waals surface area contributed by atoms with Crippen molar-refractivity contribution in [2.45, 2.75) is 25.8 Å². The van der Waals surface area contributed by atoms with Gasteiger partial charge in [0, 0.05) is 36.1 Å². The number of rotatable bonds is 4. The van der Waals surface area contributed by atoms with Gasteiger partial charge in [0.1, 0.15) is 6.29 Å². The standard InChI is InChI=1S/C13H15N3O/c1-13(2,5-7-17)16-9-12(15-10-16)11-4-3-6-14-8-11/h3-4,6-10H,5H2,1-2H3. The second-order valence-electron chi connectivity index (χ2n) is 4.59. The second-order valence-corrected chi connectivity index (χ2v) is 4.59. The van der Waals surface area contributed by atoms with Crippen molar-refractivity contribution in [1.82, 2.24) is 14.5 Å². The third-order valence-corrected chi connectivity index (χ3v) is 2.82. The van der Waals surface area contributed by atoms with Crippen molar-refractivity contribution in [3.63, 3.8) is 0 Å². The maximum Gasteiger partial charge on any atom is 0.122 e. The molecule has 0 bridgehead atoms. The molecule has 0 radical (unpaired) electrons. The average Bonchev–Trinajstić information content (AvgIpc) is 2.80. The second kappa shape index (κ2) is 4.49. The molecule has 0 aromatic carbocycles. The predicted octanol–water partition coefficient (Wildman–Crippen LogP) is 2.27. The van der Waals surface area contributed by atoms with Gasteiger partial charge in [0.25, 0.3) is 0 Å². The summed E-state index contributed by atoms with van der Waals surface area (Å²) in [6.07, 6.45) is 8.61. The Morgan fingerprint density at radius 3 is 2.94 bits per heavy atom. The molecule has 4 nitrogen and oxygen atoms in total. The van der Waals surface area contributed by atoms with Crippen molar-refractivity contribution in [3.8, 4) is 11.3 Å². The summed E-state index contributed by atoms with van der Waals surface area (Å²) < 4.78 is 1.96. The van der Waals surface area contributed by atoms with Gasteiger partial charge in [-0.3, -0.25) is 4.98 Å². The number of aldehydes is 1. The summed E-state index contributed by atoms with van der Waals surface area (Å²) in [7, 11) is 0. The van der Waals surface area contributed by atoms with Crippen molar-refractivity contribution in [2.24, 2.45) is 0 Å². The lowest BCUT2D eigenvalue weighted by Crippen LogP contribution is -2.25. The minimum atomic E-state index is -0.241. The van der Waals surface area contributed by atoms with E-state index in [1.807, 2.05) is 36.7 Å². The predicted molar refractivity (Wildman–Crippen MR) is 65.5 cm³/mol. The lowest BCUT2D eigenvalue weighted by molar-refractivity contribution is -0.109. The van der Waals surface area contributed by atoms with Crippen molar-refractivity contribution in [3.05, 3.63) is 37.1 Å². The molecule has 17 heavy (non-hydrogen) atoms. The first-order valence-corrected chi connectivity index (χ1v) is 5.52. The molecule has 0 saturated carbocycles. The van der Waals surface area contributed by atoms with E-state index in [1.54, 1.807) is 18.7 Å². The number of nitrogens with zero attached hydrogens (tertiary/aromatic N) is 3. The molecule has 0 spiro atoms. The Kier molecular flexibility index (Phi) is 3.04. The lowest BCUT2D eigenvalue weighted by atomic mass is 10.0. The monoisotopic (exact) mass is 229 g/mol. The molecule has 4 heteroatoms. The van der Waals surface area contributed by atoms with Gasteiger partial charge in [0.05, 0.1) is 12.0 Å². The van der Waals surface area contributed by atoms with Crippen LogP contribution in [0.25, 0.3) is 11.3 Å². The van der Waals surface area contributed by atoms with Crippen LogP contribution in [0, 0.1) is 0 Å². The van der Waals surface area contributed by atoms with Crippen LogP contribution in [0.5, 0.6) is 0 Å². The molecule has 0 aliphatic heterocycles. The average molecular weight is 229 g/mol. The molecule has 0 aliphatic rings. The number of hydrogen-bond donors (Lipinski definition) is 0. The number of carbonyl (C=O) groups is 1. The van der Waals surface area contributed by atoms with Gasteiger partial charge in [0.2, 0.25) is 0 Å². The van der Waals surface area contributed by atoms with E-state index in [0.717, 1.165) is 17.5 Å². The highest BCUT2D eigenvalue weighted by Gasteiger charge is 2.19. The molecule has 0 saturated heterocycles. The van der Waals surface area contributed by atoms with Gasteiger partial charge in [-0.25, -0.2) is 4.98 Å². The van der Waals surface area contributed by atoms with E-state index in [0.29, 0.717) is 6.42 Å². The van der Waals surface area contributed by atoms with Gasteiger partial charge in [0.15, 0.2) is 0 Å². The highest BCUT2D eigenvalue weighted by atomic mass is 16.1. The number of imidazole rings is 1. The minimum absolute atomic E-state index is 0.241. The third kappa shape index (κ3) is 2.41. The summed E-state index contributed by atoms with van der Waals surface area (Å²) in [5, 5.41) is 0. The first-order chi connectivity index (χ1) is 8.13. The van der Waals surface area contributed by atoms with Crippen LogP contribution in [-0.4, -0.2) is 20.8 Å². The molecule has 0 N–H and O–H groups in total. The van der Waals surface area contributed by atoms with Crippen LogP contribution >= 0.6 is 0 Å². The molecule has 88 valence electrons. The maximum atomic E-state index is 10.6. The van der Waals surface area contributed by atoms with Crippen molar-refractivity contribution in [2.75, 3.05) is 0 Å². The van der Waals surface area contributed by atoms with Gasteiger partial charge in [-0.05, 0) is 26.0 Å². The molecular formula is C13H15N3O. The van der Waals surface area contributed by atoms with E-state index >= 15 is 0 Å². The van der Waals surface area contributed by atoms with E-state index in [4.69, 9.17) is 0 Å². The zero-order chi connectivity index (χ0) is 12.3. The highest BCUT2D eigenvalue weighted by Crippen LogP contribution is 2.22. The van der Waals surface area contributed by atoms with Gasteiger partial charge >= 0.3 is 0 Å². The molecule has 0 atom stereocenters. The molecule has 0 unspecified atom stereocenters. The number of carbonyl (C=O) groups excluding carboxylic acids is 1. The van der Waals surface area contributed by atoms with E-state index in [-0.39, 0.29) is 5.54 Å². The van der Waals surface area contributed by atoms with E-state index < -0.39 is 0 Å². The Balaban J connectivity index is 2.31. The number of hydrogen-bond acceptors (Lipinski definition) is 3. The summed E-state index contributed by atoms with van der Waals surface area (Å²) in [5.74, 6) is 0. The van der Waals surface area contributed by atoms with Crippen LogP contribution in [0.1, 0.15) is 20.3 Å². The normalized spacial score (nSPS) is 11.4. The van der Waals surface area contributed by atoms with Crippen LogP contribution in [0.4, 0.5) is 0 Å². The van der Waals surface area contributed by atoms with Crippen molar-refractivity contribution < 1.29 is 4.79 Å². The first kappa shape index (κ1) is 11.5. The van der Waals surface area contributed by atoms with Crippen LogP contribution < -0.4 is 0 Å². The summed E-state index contributed by atoms with van der Waals surface area (Å²) in [6.45, 7) is 4.02. The van der Waals surface area contributed by atoms with Gasteiger partial charge < -0.3 is 9.36 Å².